The third-order valence-corrected chi connectivity index (χ3v) is 8.00. The molecule has 0 aliphatic carbocycles. The summed E-state index contributed by atoms with van der Waals surface area (Å²) in [6, 6.07) is 19.5. The summed E-state index contributed by atoms with van der Waals surface area (Å²) >= 11 is 0. The minimum Gasteiger partial charge on any atom is -0.282 e. The van der Waals surface area contributed by atoms with Crippen LogP contribution in [-0.4, -0.2) is 53.6 Å². The first-order chi connectivity index (χ1) is 16.8. The van der Waals surface area contributed by atoms with Crippen molar-refractivity contribution in [1.82, 2.24) is 19.0 Å². The van der Waals surface area contributed by atoms with Crippen molar-refractivity contribution in [3.05, 3.63) is 94.8 Å². The Kier molecular flexibility index (Phi) is 6.18. The Labute approximate surface area is 200 Å². The molecule has 10 heteroatoms. The van der Waals surface area contributed by atoms with Crippen molar-refractivity contribution in [3.8, 4) is 11.3 Å². The van der Waals surface area contributed by atoms with Crippen LogP contribution in [0.3, 0.4) is 0 Å². The van der Waals surface area contributed by atoms with Crippen molar-refractivity contribution >= 4 is 20.8 Å². The monoisotopic (exact) mass is 496 g/mol. The van der Waals surface area contributed by atoms with E-state index >= 15 is 0 Å². The van der Waals surface area contributed by atoms with Crippen molar-refractivity contribution < 1.29 is 17.2 Å². The van der Waals surface area contributed by atoms with Gasteiger partial charge in [0.25, 0.3) is 5.56 Å². The molecule has 1 aromatic heterocycles. The normalized spacial score (nSPS) is 15.5. The number of piperazine rings is 1. The number of fused-ring (bicyclic) bond motifs is 1. The fourth-order valence-corrected chi connectivity index (χ4v) is 5.66. The second kappa shape index (κ2) is 9.29. The van der Waals surface area contributed by atoms with Crippen molar-refractivity contribution in [2.75, 3.05) is 26.2 Å². The van der Waals surface area contributed by atoms with Crippen LogP contribution in [0.1, 0.15) is 0 Å². The van der Waals surface area contributed by atoms with Crippen LogP contribution in [0.4, 0.5) is 8.78 Å². The van der Waals surface area contributed by atoms with Crippen molar-refractivity contribution in [2.45, 2.75) is 11.6 Å². The molecular formula is C25H22F2N4O3S. The summed E-state index contributed by atoms with van der Waals surface area (Å²) in [4.78, 5) is 14.8. The van der Waals surface area contributed by atoms with E-state index in [-0.39, 0.29) is 30.2 Å². The van der Waals surface area contributed by atoms with E-state index in [0.717, 1.165) is 23.1 Å². The molecule has 180 valence electrons. The number of sulfonamides is 1. The van der Waals surface area contributed by atoms with Crippen LogP contribution in [0, 0.1) is 11.6 Å². The summed E-state index contributed by atoms with van der Waals surface area (Å²) in [6.45, 7) is 1.20. The lowest BCUT2D eigenvalue weighted by Crippen LogP contribution is -2.49. The summed E-state index contributed by atoms with van der Waals surface area (Å²) in [7, 11) is -3.96. The quantitative estimate of drug-likeness (QED) is 0.424. The first kappa shape index (κ1) is 23.3. The average Bonchev–Trinajstić information content (AvgIpc) is 2.88. The first-order valence-corrected chi connectivity index (χ1v) is 12.5. The maximum absolute atomic E-state index is 13.6. The molecule has 5 rings (SSSR count). The van der Waals surface area contributed by atoms with E-state index in [0.29, 0.717) is 30.2 Å². The maximum Gasteiger partial charge on any atom is 0.275 e. The molecule has 0 bridgehead atoms. The molecule has 1 fully saturated rings. The van der Waals surface area contributed by atoms with Gasteiger partial charge in [0, 0.05) is 37.1 Å². The van der Waals surface area contributed by atoms with E-state index in [1.165, 1.54) is 8.99 Å². The minimum absolute atomic E-state index is 0.148. The third-order valence-electron chi connectivity index (χ3n) is 6.11. The summed E-state index contributed by atoms with van der Waals surface area (Å²) in [5.74, 6) is -2.31. The Balaban J connectivity index is 1.38. The Hall–Kier alpha value is -3.47. The van der Waals surface area contributed by atoms with Gasteiger partial charge < -0.3 is 0 Å². The van der Waals surface area contributed by atoms with Gasteiger partial charge in [-0.15, -0.1) is 0 Å². The van der Waals surface area contributed by atoms with Crippen molar-refractivity contribution in [3.63, 3.8) is 0 Å². The van der Waals surface area contributed by atoms with E-state index in [1.54, 1.807) is 6.07 Å². The fourth-order valence-electron chi connectivity index (χ4n) is 4.23. The van der Waals surface area contributed by atoms with Gasteiger partial charge >= 0.3 is 0 Å². The second-order valence-electron chi connectivity index (χ2n) is 8.30. The highest BCUT2D eigenvalue weighted by molar-refractivity contribution is 7.89. The zero-order valence-electron chi connectivity index (χ0n) is 18.6. The SMILES string of the molecule is O=c1c2ccccc2c(-c2ccccc2)nn1CN1CCN(S(=O)(=O)c2ccc(F)c(F)c2)CC1. The van der Waals surface area contributed by atoms with E-state index in [9.17, 15) is 22.0 Å². The van der Waals surface area contributed by atoms with Crippen LogP contribution in [0.25, 0.3) is 22.0 Å². The van der Waals surface area contributed by atoms with Crippen LogP contribution < -0.4 is 5.56 Å². The van der Waals surface area contributed by atoms with Gasteiger partial charge in [0.05, 0.1) is 22.6 Å². The van der Waals surface area contributed by atoms with Gasteiger partial charge in [0.1, 0.15) is 0 Å². The van der Waals surface area contributed by atoms with Crippen LogP contribution in [0.5, 0.6) is 0 Å². The number of nitrogens with zero attached hydrogens (tertiary/aromatic N) is 4. The predicted molar refractivity (Wildman–Crippen MR) is 128 cm³/mol. The van der Waals surface area contributed by atoms with Crippen LogP contribution in [-0.2, 0) is 16.7 Å². The lowest BCUT2D eigenvalue weighted by Gasteiger charge is -2.33. The van der Waals surface area contributed by atoms with Crippen LogP contribution in [0.15, 0.2) is 82.5 Å². The minimum atomic E-state index is -3.96. The topological polar surface area (TPSA) is 75.5 Å². The van der Waals surface area contributed by atoms with Crippen LogP contribution in [0.2, 0.25) is 0 Å². The van der Waals surface area contributed by atoms with E-state index in [1.807, 2.05) is 53.4 Å². The lowest BCUT2D eigenvalue weighted by atomic mass is 10.1. The maximum atomic E-state index is 13.6. The highest BCUT2D eigenvalue weighted by Gasteiger charge is 2.29. The summed E-state index contributed by atoms with van der Waals surface area (Å²) in [6.07, 6.45) is 0. The lowest BCUT2D eigenvalue weighted by molar-refractivity contribution is 0.143. The molecule has 3 aromatic carbocycles. The molecule has 0 N–H and O–H groups in total. The molecular weight excluding hydrogens is 474 g/mol. The molecule has 1 aliphatic rings. The van der Waals surface area contributed by atoms with Crippen molar-refractivity contribution in [2.24, 2.45) is 0 Å². The highest BCUT2D eigenvalue weighted by atomic mass is 32.2. The smallest absolute Gasteiger partial charge is 0.275 e. The Morgan fingerprint density at radius 3 is 2.14 bits per heavy atom. The predicted octanol–water partition coefficient (Wildman–Crippen LogP) is 3.31. The highest BCUT2D eigenvalue weighted by Crippen LogP contribution is 2.25. The second-order valence-corrected chi connectivity index (χ2v) is 10.2. The summed E-state index contributed by atoms with van der Waals surface area (Å²) in [5, 5.41) is 5.97. The molecule has 0 atom stereocenters. The number of aromatic nitrogens is 2. The van der Waals surface area contributed by atoms with E-state index in [2.05, 4.69) is 5.10 Å². The zero-order valence-corrected chi connectivity index (χ0v) is 19.5. The molecule has 35 heavy (non-hydrogen) atoms. The molecule has 0 spiro atoms. The summed E-state index contributed by atoms with van der Waals surface area (Å²) < 4.78 is 55.2. The van der Waals surface area contributed by atoms with Gasteiger partial charge in [-0.3, -0.25) is 9.69 Å². The van der Waals surface area contributed by atoms with Gasteiger partial charge in [-0.2, -0.15) is 9.40 Å². The van der Waals surface area contributed by atoms with Crippen molar-refractivity contribution in [1.29, 1.82) is 0 Å². The van der Waals surface area contributed by atoms with Gasteiger partial charge in [-0.05, 0) is 24.3 Å². The Morgan fingerprint density at radius 2 is 1.46 bits per heavy atom. The number of rotatable bonds is 5. The molecule has 0 radical (unpaired) electrons. The number of halogens is 2. The first-order valence-electron chi connectivity index (χ1n) is 11.1. The largest absolute Gasteiger partial charge is 0.282 e. The van der Waals surface area contributed by atoms with Gasteiger partial charge in [-0.25, -0.2) is 21.9 Å². The Bertz CT molecular complexity index is 1550. The molecule has 1 saturated heterocycles. The zero-order chi connectivity index (χ0) is 24.6. The number of hydrogen-bond donors (Lipinski definition) is 0. The van der Waals surface area contributed by atoms with Gasteiger partial charge in [-0.1, -0.05) is 48.5 Å². The molecule has 1 aliphatic heterocycles. The molecule has 4 aromatic rings. The van der Waals surface area contributed by atoms with Gasteiger partial charge in [0.15, 0.2) is 11.6 Å². The molecule has 0 unspecified atom stereocenters. The third kappa shape index (κ3) is 4.47. The van der Waals surface area contributed by atoms with E-state index in [4.69, 9.17) is 0 Å². The number of benzene rings is 3. The molecule has 2 heterocycles. The van der Waals surface area contributed by atoms with E-state index < -0.39 is 21.7 Å². The molecule has 0 saturated carbocycles. The van der Waals surface area contributed by atoms with Gasteiger partial charge in [0.2, 0.25) is 10.0 Å². The molecule has 7 nitrogen and oxygen atoms in total. The van der Waals surface area contributed by atoms with Crippen LogP contribution >= 0.6 is 0 Å². The molecule has 0 amide bonds. The fraction of sp³-hybridized carbons (Fsp3) is 0.200. The number of hydrogen-bond acceptors (Lipinski definition) is 5. The standard InChI is InChI=1S/C25H22F2N4O3S/c26-22-11-10-19(16-23(22)27)35(33,34)30-14-12-29(13-15-30)17-31-25(32)21-9-5-4-8-20(21)24(28-31)18-6-2-1-3-7-18/h1-11,16H,12-15,17H2. The Morgan fingerprint density at radius 1 is 0.800 bits per heavy atom. The summed E-state index contributed by atoms with van der Waals surface area (Å²) in [5.41, 5.74) is 1.36. The average molecular weight is 497 g/mol.